The van der Waals surface area contributed by atoms with Gasteiger partial charge in [0, 0.05) is 25.4 Å². The Morgan fingerprint density at radius 2 is 2.29 bits per heavy atom. The lowest BCUT2D eigenvalue weighted by Crippen LogP contribution is -2.36. The molecule has 2 heterocycles. The lowest BCUT2D eigenvalue weighted by molar-refractivity contribution is 0.115. The minimum atomic E-state index is 0.0586. The molecule has 1 spiro atoms. The van der Waals surface area contributed by atoms with Crippen molar-refractivity contribution in [2.24, 2.45) is 0 Å². The summed E-state index contributed by atoms with van der Waals surface area (Å²) in [5.74, 6) is 1.09. The summed E-state index contributed by atoms with van der Waals surface area (Å²) in [7, 11) is 0. The molecule has 1 aromatic rings. The molecule has 2 unspecified atom stereocenters. The summed E-state index contributed by atoms with van der Waals surface area (Å²) >= 11 is 0. The fourth-order valence-electron chi connectivity index (χ4n) is 2.64. The Labute approximate surface area is 84.3 Å². The monoisotopic (exact) mass is 189 g/mol. The molecule has 14 heavy (non-hydrogen) atoms. The van der Waals surface area contributed by atoms with E-state index in [1.807, 2.05) is 6.07 Å². The molecule has 2 aliphatic rings. The molecule has 2 heteroatoms. The van der Waals surface area contributed by atoms with E-state index in [9.17, 15) is 0 Å². The fourth-order valence-corrected chi connectivity index (χ4v) is 2.64. The van der Waals surface area contributed by atoms with Crippen molar-refractivity contribution in [3.05, 3.63) is 29.8 Å². The lowest BCUT2D eigenvalue weighted by atomic mass is 9.95. The lowest BCUT2D eigenvalue weighted by Gasteiger charge is -2.21. The molecule has 0 aromatic heterocycles. The Hall–Kier alpha value is -1.02. The average Bonchev–Trinajstić information content (AvgIpc) is 2.69. The SMILES string of the molecule is CC1CC2(CN1)Cc1ccccc1O2. The Bertz CT molecular complexity index is 336. The van der Waals surface area contributed by atoms with Crippen molar-refractivity contribution in [2.75, 3.05) is 6.54 Å². The molecule has 74 valence electrons. The Kier molecular flexibility index (Phi) is 1.62. The quantitative estimate of drug-likeness (QED) is 0.671. The van der Waals surface area contributed by atoms with Crippen LogP contribution in [0, 0.1) is 0 Å². The van der Waals surface area contributed by atoms with Gasteiger partial charge in [0.2, 0.25) is 0 Å². The van der Waals surface area contributed by atoms with Gasteiger partial charge in [-0.15, -0.1) is 0 Å². The number of hydrogen-bond donors (Lipinski definition) is 1. The second-order valence-corrected chi connectivity index (χ2v) is 4.56. The zero-order valence-corrected chi connectivity index (χ0v) is 8.42. The molecule has 0 aliphatic carbocycles. The van der Waals surface area contributed by atoms with E-state index in [0.717, 1.165) is 25.1 Å². The number of para-hydroxylation sites is 1. The van der Waals surface area contributed by atoms with Crippen molar-refractivity contribution in [3.8, 4) is 5.75 Å². The number of hydrogen-bond acceptors (Lipinski definition) is 2. The molecular weight excluding hydrogens is 174 g/mol. The van der Waals surface area contributed by atoms with Gasteiger partial charge in [0.25, 0.3) is 0 Å². The third-order valence-electron chi connectivity index (χ3n) is 3.26. The molecule has 0 bridgehead atoms. The van der Waals surface area contributed by atoms with Crippen LogP contribution in [0.3, 0.4) is 0 Å². The number of fused-ring (bicyclic) bond motifs is 1. The highest BCUT2D eigenvalue weighted by Gasteiger charge is 2.44. The smallest absolute Gasteiger partial charge is 0.127 e. The maximum absolute atomic E-state index is 6.06. The minimum absolute atomic E-state index is 0.0586. The normalized spacial score (nSPS) is 34.5. The van der Waals surface area contributed by atoms with E-state index < -0.39 is 0 Å². The molecular formula is C12H15NO. The third kappa shape index (κ3) is 1.14. The van der Waals surface area contributed by atoms with Gasteiger partial charge >= 0.3 is 0 Å². The molecule has 0 radical (unpaired) electrons. The topological polar surface area (TPSA) is 21.3 Å². The van der Waals surface area contributed by atoms with Gasteiger partial charge in [-0.25, -0.2) is 0 Å². The first-order valence-electron chi connectivity index (χ1n) is 5.28. The second-order valence-electron chi connectivity index (χ2n) is 4.56. The van der Waals surface area contributed by atoms with Crippen LogP contribution in [0.2, 0.25) is 0 Å². The first-order valence-corrected chi connectivity index (χ1v) is 5.28. The molecule has 0 amide bonds. The van der Waals surface area contributed by atoms with Crippen molar-refractivity contribution in [2.45, 2.75) is 31.4 Å². The molecule has 3 rings (SSSR count). The van der Waals surface area contributed by atoms with E-state index in [0.29, 0.717) is 6.04 Å². The number of rotatable bonds is 0. The summed E-state index contributed by atoms with van der Waals surface area (Å²) in [6.45, 7) is 3.21. The Morgan fingerprint density at radius 3 is 3.00 bits per heavy atom. The van der Waals surface area contributed by atoms with Gasteiger partial charge < -0.3 is 10.1 Å². The fraction of sp³-hybridized carbons (Fsp3) is 0.500. The van der Waals surface area contributed by atoms with Crippen LogP contribution in [0.5, 0.6) is 5.75 Å². The predicted octanol–water partition coefficient (Wildman–Crippen LogP) is 1.74. The summed E-state index contributed by atoms with van der Waals surface area (Å²) in [4.78, 5) is 0. The highest BCUT2D eigenvalue weighted by molar-refractivity contribution is 5.39. The van der Waals surface area contributed by atoms with Crippen molar-refractivity contribution >= 4 is 0 Å². The second kappa shape index (κ2) is 2.74. The largest absolute Gasteiger partial charge is 0.485 e. The molecule has 2 aliphatic heterocycles. The van der Waals surface area contributed by atoms with Gasteiger partial charge in [0.1, 0.15) is 11.4 Å². The van der Waals surface area contributed by atoms with Gasteiger partial charge in [-0.1, -0.05) is 18.2 Å². The summed E-state index contributed by atoms with van der Waals surface area (Å²) in [5.41, 5.74) is 1.42. The van der Waals surface area contributed by atoms with Crippen LogP contribution in [0.4, 0.5) is 0 Å². The molecule has 1 N–H and O–H groups in total. The van der Waals surface area contributed by atoms with Crippen LogP contribution < -0.4 is 10.1 Å². The Balaban J connectivity index is 1.91. The summed E-state index contributed by atoms with van der Waals surface area (Å²) < 4.78 is 6.06. The zero-order valence-electron chi connectivity index (χ0n) is 8.42. The van der Waals surface area contributed by atoms with Crippen molar-refractivity contribution in [1.29, 1.82) is 0 Å². The van der Waals surface area contributed by atoms with Crippen LogP contribution in [0.15, 0.2) is 24.3 Å². The maximum Gasteiger partial charge on any atom is 0.127 e. The van der Waals surface area contributed by atoms with Crippen LogP contribution in [-0.2, 0) is 6.42 Å². The van der Waals surface area contributed by atoms with E-state index in [4.69, 9.17) is 4.74 Å². The number of nitrogens with one attached hydrogen (secondary N) is 1. The molecule has 1 fully saturated rings. The van der Waals surface area contributed by atoms with Crippen molar-refractivity contribution in [1.82, 2.24) is 5.32 Å². The molecule has 2 atom stereocenters. The van der Waals surface area contributed by atoms with Gasteiger partial charge in [-0.2, -0.15) is 0 Å². The van der Waals surface area contributed by atoms with Crippen LogP contribution >= 0.6 is 0 Å². The molecule has 1 aromatic carbocycles. The van der Waals surface area contributed by atoms with Crippen LogP contribution in [0.25, 0.3) is 0 Å². The first kappa shape index (κ1) is 8.30. The summed E-state index contributed by atoms with van der Waals surface area (Å²) in [5, 5.41) is 3.46. The summed E-state index contributed by atoms with van der Waals surface area (Å²) in [6, 6.07) is 8.97. The maximum atomic E-state index is 6.06. The van der Waals surface area contributed by atoms with E-state index in [-0.39, 0.29) is 5.60 Å². The van der Waals surface area contributed by atoms with Crippen LogP contribution in [0.1, 0.15) is 18.9 Å². The zero-order chi connectivity index (χ0) is 9.60. The van der Waals surface area contributed by atoms with Gasteiger partial charge in [-0.3, -0.25) is 0 Å². The first-order chi connectivity index (χ1) is 6.77. The van der Waals surface area contributed by atoms with Gasteiger partial charge in [0.05, 0.1) is 0 Å². The van der Waals surface area contributed by atoms with Gasteiger partial charge in [-0.05, 0) is 18.6 Å². The van der Waals surface area contributed by atoms with Crippen molar-refractivity contribution < 1.29 is 4.74 Å². The van der Waals surface area contributed by atoms with E-state index in [1.54, 1.807) is 0 Å². The molecule has 1 saturated heterocycles. The van der Waals surface area contributed by atoms with Gasteiger partial charge in [0.15, 0.2) is 0 Å². The van der Waals surface area contributed by atoms with E-state index in [2.05, 4.69) is 30.4 Å². The summed E-state index contributed by atoms with van der Waals surface area (Å²) in [6.07, 6.45) is 2.20. The van der Waals surface area contributed by atoms with Crippen molar-refractivity contribution in [3.63, 3.8) is 0 Å². The highest BCUT2D eigenvalue weighted by Crippen LogP contribution is 2.39. The minimum Gasteiger partial charge on any atom is -0.485 e. The Morgan fingerprint density at radius 1 is 1.43 bits per heavy atom. The molecule has 0 saturated carbocycles. The van der Waals surface area contributed by atoms with E-state index in [1.165, 1.54) is 5.56 Å². The molecule has 2 nitrogen and oxygen atoms in total. The predicted molar refractivity (Wildman–Crippen MR) is 55.6 cm³/mol. The number of ether oxygens (including phenoxy) is 1. The van der Waals surface area contributed by atoms with E-state index >= 15 is 0 Å². The third-order valence-corrected chi connectivity index (χ3v) is 3.26. The average molecular weight is 189 g/mol. The number of benzene rings is 1. The van der Waals surface area contributed by atoms with Crippen LogP contribution in [-0.4, -0.2) is 18.2 Å². The highest BCUT2D eigenvalue weighted by atomic mass is 16.5. The standard InChI is InChI=1S/C12H15NO/c1-9-6-12(8-13-9)7-10-4-2-3-5-11(10)14-12/h2-5,9,13H,6-8H2,1H3.